The molecule has 0 heterocycles. The molecule has 0 aliphatic rings. The van der Waals surface area contributed by atoms with Crippen molar-refractivity contribution in [1.29, 1.82) is 0 Å². The van der Waals surface area contributed by atoms with Gasteiger partial charge < -0.3 is 5.32 Å². The lowest BCUT2D eigenvalue weighted by molar-refractivity contribution is -0.116. The Morgan fingerprint density at radius 2 is 2.29 bits per heavy atom. The fraction of sp³-hybridized carbons (Fsp3) is 0.250. The fourth-order valence-corrected chi connectivity index (χ4v) is 0.102. The summed E-state index contributed by atoms with van der Waals surface area (Å²) in [5.41, 5.74) is 0. The van der Waals surface area contributed by atoms with Gasteiger partial charge in [-0.15, -0.1) is 0 Å². The highest BCUT2D eigenvalue weighted by Crippen LogP contribution is 1.56. The standard InChI is InChI=1S/C4H7NO.H3P/c1-3-4(6)5-2;/h3H,1H2,2H3,(H,5,6);1H3. The Labute approximate surface area is 46.6 Å². The highest BCUT2D eigenvalue weighted by molar-refractivity contribution is 6.92. The highest BCUT2D eigenvalue weighted by atomic mass is 31.0. The van der Waals surface area contributed by atoms with Crippen LogP contribution < -0.4 is 5.32 Å². The van der Waals surface area contributed by atoms with Gasteiger partial charge in [-0.25, -0.2) is 0 Å². The van der Waals surface area contributed by atoms with Crippen molar-refractivity contribution in [2.24, 2.45) is 0 Å². The molecule has 0 spiro atoms. The fourth-order valence-electron chi connectivity index (χ4n) is 0.102. The second kappa shape index (κ2) is 5.64. The van der Waals surface area contributed by atoms with Gasteiger partial charge in [-0.3, -0.25) is 4.79 Å². The van der Waals surface area contributed by atoms with E-state index in [-0.39, 0.29) is 15.8 Å². The number of rotatable bonds is 1. The van der Waals surface area contributed by atoms with Crippen molar-refractivity contribution in [2.75, 3.05) is 7.05 Å². The molecule has 0 saturated carbocycles. The minimum absolute atomic E-state index is 0. The molecule has 0 rings (SSSR count). The van der Waals surface area contributed by atoms with Crippen LogP contribution in [0.4, 0.5) is 0 Å². The summed E-state index contributed by atoms with van der Waals surface area (Å²) < 4.78 is 0. The van der Waals surface area contributed by atoms with E-state index in [0.29, 0.717) is 0 Å². The quantitative estimate of drug-likeness (QED) is 0.381. The zero-order valence-corrected chi connectivity index (χ0v) is 5.81. The lowest BCUT2D eigenvalue weighted by atomic mass is 10.6. The number of nitrogens with one attached hydrogen (secondary N) is 1. The SMILES string of the molecule is C=CC(=O)NC.P. The molecule has 0 fully saturated rings. The van der Waals surface area contributed by atoms with Gasteiger partial charge in [0.1, 0.15) is 0 Å². The molecule has 0 saturated heterocycles. The van der Waals surface area contributed by atoms with E-state index >= 15 is 0 Å². The summed E-state index contributed by atoms with van der Waals surface area (Å²) in [6, 6.07) is 0. The lowest BCUT2D eigenvalue weighted by Gasteiger charge is -1.82. The lowest BCUT2D eigenvalue weighted by Crippen LogP contribution is -2.13. The molecular formula is C4H10NOP. The number of carbonyl (C=O) groups excluding carboxylic acids is 1. The maximum atomic E-state index is 9.95. The van der Waals surface area contributed by atoms with E-state index in [1.54, 1.807) is 7.05 Å². The molecular weight excluding hydrogens is 109 g/mol. The Kier molecular flexibility index (Phi) is 7.90. The van der Waals surface area contributed by atoms with Crippen LogP contribution in [0.3, 0.4) is 0 Å². The van der Waals surface area contributed by atoms with E-state index in [9.17, 15) is 4.79 Å². The molecule has 1 atom stereocenters. The molecule has 0 radical (unpaired) electrons. The third-order valence-electron chi connectivity index (χ3n) is 0.432. The zero-order chi connectivity index (χ0) is 4.99. The molecule has 1 unspecified atom stereocenters. The van der Waals surface area contributed by atoms with Crippen LogP contribution in [0.25, 0.3) is 0 Å². The molecule has 0 bridgehead atoms. The molecule has 42 valence electrons. The van der Waals surface area contributed by atoms with Gasteiger partial charge in [0, 0.05) is 7.05 Å². The van der Waals surface area contributed by atoms with E-state index in [1.165, 1.54) is 6.08 Å². The third-order valence-corrected chi connectivity index (χ3v) is 0.432. The number of hydrogen-bond donors (Lipinski definition) is 1. The zero-order valence-electron chi connectivity index (χ0n) is 4.40. The van der Waals surface area contributed by atoms with Crippen LogP contribution in [0.15, 0.2) is 12.7 Å². The summed E-state index contributed by atoms with van der Waals surface area (Å²) in [6.07, 6.45) is 1.22. The first kappa shape index (κ1) is 9.81. The average molecular weight is 119 g/mol. The van der Waals surface area contributed by atoms with Gasteiger partial charge in [-0.05, 0) is 6.08 Å². The van der Waals surface area contributed by atoms with Gasteiger partial charge in [0.25, 0.3) is 0 Å². The van der Waals surface area contributed by atoms with Gasteiger partial charge in [-0.1, -0.05) is 6.58 Å². The van der Waals surface area contributed by atoms with E-state index in [1.807, 2.05) is 0 Å². The molecule has 1 amide bonds. The molecule has 0 aliphatic heterocycles. The molecule has 0 aromatic heterocycles. The van der Waals surface area contributed by atoms with E-state index in [4.69, 9.17) is 0 Å². The second-order valence-corrected chi connectivity index (χ2v) is 0.818. The van der Waals surface area contributed by atoms with Crippen LogP contribution >= 0.6 is 9.90 Å². The largest absolute Gasteiger partial charge is 0.356 e. The Hall–Kier alpha value is -0.360. The van der Waals surface area contributed by atoms with Gasteiger partial charge in [0.15, 0.2) is 0 Å². The molecule has 0 aliphatic carbocycles. The summed E-state index contributed by atoms with van der Waals surface area (Å²) in [4.78, 5) is 9.95. The van der Waals surface area contributed by atoms with Crippen LogP contribution in [0.2, 0.25) is 0 Å². The van der Waals surface area contributed by atoms with Crippen LogP contribution in [-0.2, 0) is 4.79 Å². The van der Waals surface area contributed by atoms with Gasteiger partial charge in [0.05, 0.1) is 0 Å². The third kappa shape index (κ3) is 5.64. The van der Waals surface area contributed by atoms with E-state index < -0.39 is 0 Å². The summed E-state index contributed by atoms with van der Waals surface area (Å²) >= 11 is 0. The number of hydrogen-bond acceptors (Lipinski definition) is 1. The second-order valence-electron chi connectivity index (χ2n) is 0.818. The summed E-state index contributed by atoms with van der Waals surface area (Å²) in [5, 5.41) is 2.36. The average Bonchev–Trinajstić information content (AvgIpc) is 1.65. The Morgan fingerprint density at radius 1 is 1.86 bits per heavy atom. The van der Waals surface area contributed by atoms with Crippen molar-refractivity contribution in [3.8, 4) is 0 Å². The molecule has 3 heteroatoms. The van der Waals surface area contributed by atoms with Gasteiger partial charge >= 0.3 is 0 Å². The van der Waals surface area contributed by atoms with Crippen molar-refractivity contribution >= 4 is 15.8 Å². The minimum Gasteiger partial charge on any atom is -0.356 e. The number of carbonyl (C=O) groups is 1. The molecule has 0 aromatic carbocycles. The Balaban J connectivity index is 0. The van der Waals surface area contributed by atoms with Crippen LogP contribution in [0.1, 0.15) is 0 Å². The molecule has 2 nitrogen and oxygen atoms in total. The van der Waals surface area contributed by atoms with Crippen molar-refractivity contribution < 1.29 is 4.79 Å². The van der Waals surface area contributed by atoms with Crippen molar-refractivity contribution in [1.82, 2.24) is 5.32 Å². The van der Waals surface area contributed by atoms with Crippen LogP contribution in [0.5, 0.6) is 0 Å². The first-order valence-corrected chi connectivity index (χ1v) is 1.65. The topological polar surface area (TPSA) is 29.1 Å². The first-order valence-electron chi connectivity index (χ1n) is 1.65. The van der Waals surface area contributed by atoms with Gasteiger partial charge in [-0.2, -0.15) is 9.90 Å². The van der Waals surface area contributed by atoms with Crippen molar-refractivity contribution in [2.45, 2.75) is 0 Å². The maximum absolute atomic E-state index is 9.95. The first-order chi connectivity index (χ1) is 2.81. The van der Waals surface area contributed by atoms with Crippen molar-refractivity contribution in [3.05, 3.63) is 12.7 Å². The van der Waals surface area contributed by atoms with E-state index in [0.717, 1.165) is 0 Å². The highest BCUT2D eigenvalue weighted by Gasteiger charge is 1.78. The minimum atomic E-state index is -0.144. The molecule has 0 aromatic rings. The monoisotopic (exact) mass is 119 g/mol. The predicted molar refractivity (Wildman–Crippen MR) is 35.4 cm³/mol. The van der Waals surface area contributed by atoms with Gasteiger partial charge in [0.2, 0.25) is 5.91 Å². The predicted octanol–water partition coefficient (Wildman–Crippen LogP) is -0.0235. The Morgan fingerprint density at radius 3 is 2.29 bits per heavy atom. The van der Waals surface area contributed by atoms with E-state index in [2.05, 4.69) is 11.9 Å². The molecule has 7 heavy (non-hydrogen) atoms. The van der Waals surface area contributed by atoms with Crippen molar-refractivity contribution in [3.63, 3.8) is 0 Å². The number of amides is 1. The Bertz CT molecular complexity index is 72.1. The smallest absolute Gasteiger partial charge is 0.243 e. The van der Waals surface area contributed by atoms with Crippen LogP contribution in [0, 0.1) is 0 Å². The normalized spacial score (nSPS) is 5.86. The molecule has 1 N–H and O–H groups in total. The van der Waals surface area contributed by atoms with Crippen LogP contribution in [-0.4, -0.2) is 13.0 Å². The maximum Gasteiger partial charge on any atom is 0.243 e. The summed E-state index contributed by atoms with van der Waals surface area (Å²) in [5.74, 6) is -0.144. The summed E-state index contributed by atoms with van der Waals surface area (Å²) in [7, 11) is 1.56. The summed E-state index contributed by atoms with van der Waals surface area (Å²) in [6.45, 7) is 3.22. The number of likely N-dealkylation sites (N-methyl/N-ethyl adjacent to an activating group) is 1.